The van der Waals surface area contributed by atoms with Crippen molar-refractivity contribution in [2.45, 2.75) is 27.4 Å². The second-order valence-corrected chi connectivity index (χ2v) is 4.55. The lowest BCUT2D eigenvalue weighted by Gasteiger charge is -2.12. The molecule has 2 rings (SSSR count). The highest BCUT2D eigenvalue weighted by atomic mass is 16.3. The van der Waals surface area contributed by atoms with Crippen molar-refractivity contribution in [2.24, 2.45) is 0 Å². The van der Waals surface area contributed by atoms with E-state index in [0.29, 0.717) is 0 Å². The molecular weight excluding hydrogens is 208 g/mol. The van der Waals surface area contributed by atoms with Crippen LogP contribution in [-0.4, -0.2) is 5.11 Å². The fourth-order valence-electron chi connectivity index (χ4n) is 2.17. The minimum Gasteiger partial charge on any atom is -0.392 e. The predicted octanol–water partition coefficient (Wildman–Crippen LogP) is 3.77. The minimum absolute atomic E-state index is 0.105. The molecule has 0 unspecified atom stereocenters. The van der Waals surface area contributed by atoms with Crippen molar-refractivity contribution < 1.29 is 5.11 Å². The molecular formula is C16H18O. The van der Waals surface area contributed by atoms with Crippen molar-refractivity contribution in [3.8, 4) is 11.1 Å². The first-order valence-corrected chi connectivity index (χ1v) is 5.90. The maximum atomic E-state index is 9.12. The van der Waals surface area contributed by atoms with Crippen molar-refractivity contribution >= 4 is 0 Å². The summed E-state index contributed by atoms with van der Waals surface area (Å²) in [6, 6.07) is 12.5. The van der Waals surface area contributed by atoms with Crippen LogP contribution in [0.2, 0.25) is 0 Å². The Morgan fingerprint density at radius 1 is 0.882 bits per heavy atom. The average molecular weight is 226 g/mol. The largest absolute Gasteiger partial charge is 0.392 e. The molecule has 0 aromatic heterocycles. The van der Waals surface area contributed by atoms with E-state index in [1.54, 1.807) is 0 Å². The van der Waals surface area contributed by atoms with E-state index < -0.39 is 0 Å². The highest BCUT2D eigenvalue weighted by Crippen LogP contribution is 2.28. The van der Waals surface area contributed by atoms with Gasteiger partial charge >= 0.3 is 0 Å². The summed E-state index contributed by atoms with van der Waals surface area (Å²) in [5.74, 6) is 0. The Hall–Kier alpha value is -1.60. The molecule has 17 heavy (non-hydrogen) atoms. The van der Waals surface area contributed by atoms with Crippen molar-refractivity contribution in [2.75, 3.05) is 0 Å². The SMILES string of the molecule is Cc1cc(CO)ccc1-c1cccc(C)c1C. The minimum atomic E-state index is 0.105. The average Bonchev–Trinajstić information content (AvgIpc) is 2.33. The van der Waals surface area contributed by atoms with Gasteiger partial charge in [0, 0.05) is 0 Å². The van der Waals surface area contributed by atoms with Crippen LogP contribution in [0.15, 0.2) is 36.4 Å². The van der Waals surface area contributed by atoms with Crippen LogP contribution in [0.3, 0.4) is 0 Å². The molecule has 0 aliphatic carbocycles. The molecule has 0 aliphatic rings. The topological polar surface area (TPSA) is 20.2 Å². The molecule has 2 aromatic rings. The lowest BCUT2D eigenvalue weighted by molar-refractivity contribution is 0.282. The van der Waals surface area contributed by atoms with Gasteiger partial charge in [0.15, 0.2) is 0 Å². The summed E-state index contributed by atoms with van der Waals surface area (Å²) >= 11 is 0. The molecule has 0 aliphatic heterocycles. The van der Waals surface area contributed by atoms with Crippen LogP contribution in [0, 0.1) is 20.8 Å². The van der Waals surface area contributed by atoms with Gasteiger partial charge in [-0.05, 0) is 54.2 Å². The highest BCUT2D eigenvalue weighted by molar-refractivity contribution is 5.71. The van der Waals surface area contributed by atoms with Crippen LogP contribution in [0.5, 0.6) is 0 Å². The summed E-state index contributed by atoms with van der Waals surface area (Å²) in [6.45, 7) is 6.49. The lowest BCUT2D eigenvalue weighted by Crippen LogP contribution is -1.91. The third-order valence-electron chi connectivity index (χ3n) is 3.37. The molecule has 0 bridgehead atoms. The van der Waals surface area contributed by atoms with Crippen LogP contribution in [0.1, 0.15) is 22.3 Å². The Morgan fingerprint density at radius 2 is 1.65 bits per heavy atom. The predicted molar refractivity (Wildman–Crippen MR) is 72.0 cm³/mol. The molecule has 0 saturated carbocycles. The van der Waals surface area contributed by atoms with Gasteiger partial charge in [-0.2, -0.15) is 0 Å². The molecule has 0 radical (unpaired) electrons. The van der Waals surface area contributed by atoms with E-state index >= 15 is 0 Å². The zero-order chi connectivity index (χ0) is 12.4. The highest BCUT2D eigenvalue weighted by Gasteiger charge is 2.06. The van der Waals surface area contributed by atoms with Crippen LogP contribution >= 0.6 is 0 Å². The summed E-state index contributed by atoms with van der Waals surface area (Å²) < 4.78 is 0. The second kappa shape index (κ2) is 4.72. The van der Waals surface area contributed by atoms with E-state index in [9.17, 15) is 0 Å². The first-order chi connectivity index (χ1) is 8.13. The Kier molecular flexibility index (Phi) is 3.30. The zero-order valence-electron chi connectivity index (χ0n) is 10.6. The summed E-state index contributed by atoms with van der Waals surface area (Å²) in [6.07, 6.45) is 0. The Morgan fingerprint density at radius 3 is 2.29 bits per heavy atom. The van der Waals surface area contributed by atoms with Gasteiger partial charge in [0.2, 0.25) is 0 Å². The smallest absolute Gasteiger partial charge is 0.0681 e. The molecule has 0 saturated heterocycles. The second-order valence-electron chi connectivity index (χ2n) is 4.55. The van der Waals surface area contributed by atoms with E-state index in [1.807, 2.05) is 6.07 Å². The van der Waals surface area contributed by atoms with Crippen LogP contribution in [0.25, 0.3) is 11.1 Å². The number of aliphatic hydroxyl groups is 1. The fourth-order valence-corrected chi connectivity index (χ4v) is 2.17. The molecule has 0 atom stereocenters. The quantitative estimate of drug-likeness (QED) is 0.826. The molecule has 1 heteroatoms. The Bertz CT molecular complexity index is 541. The van der Waals surface area contributed by atoms with Gasteiger partial charge in [0.05, 0.1) is 6.61 Å². The van der Waals surface area contributed by atoms with Crippen molar-refractivity contribution in [1.82, 2.24) is 0 Å². The van der Waals surface area contributed by atoms with Gasteiger partial charge in [-0.25, -0.2) is 0 Å². The number of rotatable bonds is 2. The number of hydrogen-bond donors (Lipinski definition) is 1. The molecule has 2 aromatic carbocycles. The van der Waals surface area contributed by atoms with Crippen molar-refractivity contribution in [3.05, 3.63) is 58.7 Å². The third-order valence-corrected chi connectivity index (χ3v) is 3.37. The van der Waals surface area contributed by atoms with Gasteiger partial charge in [-0.15, -0.1) is 0 Å². The summed E-state index contributed by atoms with van der Waals surface area (Å²) in [4.78, 5) is 0. The van der Waals surface area contributed by atoms with E-state index in [1.165, 1.54) is 27.8 Å². The van der Waals surface area contributed by atoms with Gasteiger partial charge in [0.25, 0.3) is 0 Å². The number of benzene rings is 2. The van der Waals surface area contributed by atoms with Crippen LogP contribution in [0.4, 0.5) is 0 Å². The molecule has 0 heterocycles. The monoisotopic (exact) mass is 226 g/mol. The fraction of sp³-hybridized carbons (Fsp3) is 0.250. The number of aliphatic hydroxyl groups excluding tert-OH is 1. The van der Waals surface area contributed by atoms with Gasteiger partial charge in [-0.3, -0.25) is 0 Å². The normalized spacial score (nSPS) is 10.6. The van der Waals surface area contributed by atoms with Crippen molar-refractivity contribution in [3.63, 3.8) is 0 Å². The van der Waals surface area contributed by atoms with Gasteiger partial charge in [0.1, 0.15) is 0 Å². The molecule has 1 N–H and O–H groups in total. The summed E-state index contributed by atoms with van der Waals surface area (Å²) in [7, 11) is 0. The van der Waals surface area contributed by atoms with Gasteiger partial charge in [-0.1, -0.05) is 36.4 Å². The van der Waals surface area contributed by atoms with E-state index in [2.05, 4.69) is 51.1 Å². The summed E-state index contributed by atoms with van der Waals surface area (Å²) in [5.41, 5.74) is 7.36. The molecule has 0 spiro atoms. The maximum Gasteiger partial charge on any atom is 0.0681 e. The van der Waals surface area contributed by atoms with E-state index in [0.717, 1.165) is 5.56 Å². The lowest BCUT2D eigenvalue weighted by atomic mass is 9.93. The van der Waals surface area contributed by atoms with E-state index in [4.69, 9.17) is 5.11 Å². The standard InChI is InChI=1S/C16H18O/c1-11-5-4-6-16(13(11)3)15-8-7-14(10-17)9-12(15)2/h4-9,17H,10H2,1-3H3. The zero-order valence-corrected chi connectivity index (χ0v) is 10.6. The molecule has 1 nitrogen and oxygen atoms in total. The van der Waals surface area contributed by atoms with E-state index in [-0.39, 0.29) is 6.61 Å². The molecule has 88 valence electrons. The van der Waals surface area contributed by atoms with Gasteiger partial charge < -0.3 is 5.11 Å². The maximum absolute atomic E-state index is 9.12. The first-order valence-electron chi connectivity index (χ1n) is 5.90. The first kappa shape index (κ1) is 11.9. The third kappa shape index (κ3) is 2.25. The van der Waals surface area contributed by atoms with Crippen LogP contribution < -0.4 is 0 Å². The summed E-state index contributed by atoms with van der Waals surface area (Å²) in [5, 5.41) is 9.12. The molecule has 0 fully saturated rings. The van der Waals surface area contributed by atoms with Crippen LogP contribution in [-0.2, 0) is 6.61 Å². The number of aryl methyl sites for hydroxylation is 2. The Balaban J connectivity index is 2.57. The molecule has 0 amide bonds. The number of hydrogen-bond acceptors (Lipinski definition) is 1. The Labute approximate surface area is 103 Å². The van der Waals surface area contributed by atoms with Crippen molar-refractivity contribution in [1.29, 1.82) is 0 Å².